The summed E-state index contributed by atoms with van der Waals surface area (Å²) in [4.78, 5) is 16.6. The highest BCUT2D eigenvalue weighted by Gasteiger charge is 2.14. The van der Waals surface area contributed by atoms with Crippen molar-refractivity contribution in [2.24, 2.45) is 5.92 Å². The Morgan fingerprint density at radius 1 is 1.16 bits per heavy atom. The molecule has 0 aliphatic carbocycles. The van der Waals surface area contributed by atoms with E-state index in [9.17, 15) is 4.79 Å². The Bertz CT molecular complexity index is 884. The number of nitrogens with one attached hydrogen (secondary N) is 1. The lowest BCUT2D eigenvalue weighted by molar-refractivity contribution is -0.124. The van der Waals surface area contributed by atoms with E-state index in [4.69, 9.17) is 9.72 Å². The largest absolute Gasteiger partial charge is 0.496 e. The lowest BCUT2D eigenvalue weighted by Crippen LogP contribution is -2.28. The molecule has 5 heteroatoms. The standard InChI is InChI=1S/C20H23N3O2/c1-14(2)20(24)21-12-19-22-16-9-5-6-10-17(16)23(19)13-15-8-4-7-11-18(15)25-3/h4-11,14H,12-13H2,1-3H3,(H,21,24). The van der Waals surface area contributed by atoms with Crippen LogP contribution in [0.1, 0.15) is 25.2 Å². The molecule has 0 spiro atoms. The maximum absolute atomic E-state index is 11.9. The molecule has 2 aromatic carbocycles. The summed E-state index contributed by atoms with van der Waals surface area (Å²) < 4.78 is 7.60. The Morgan fingerprint density at radius 2 is 1.88 bits per heavy atom. The van der Waals surface area contributed by atoms with E-state index >= 15 is 0 Å². The Hall–Kier alpha value is -2.82. The molecule has 130 valence electrons. The molecule has 1 amide bonds. The first-order valence-corrected chi connectivity index (χ1v) is 8.44. The van der Waals surface area contributed by atoms with Gasteiger partial charge in [0.25, 0.3) is 0 Å². The molecule has 25 heavy (non-hydrogen) atoms. The van der Waals surface area contributed by atoms with Gasteiger partial charge in [0.1, 0.15) is 11.6 Å². The molecule has 0 atom stereocenters. The first-order valence-electron chi connectivity index (χ1n) is 8.44. The quantitative estimate of drug-likeness (QED) is 0.750. The summed E-state index contributed by atoms with van der Waals surface area (Å²) in [6.07, 6.45) is 0. The summed E-state index contributed by atoms with van der Waals surface area (Å²) in [5, 5.41) is 2.96. The number of ether oxygens (including phenoxy) is 1. The Kier molecular flexibility index (Phi) is 5.03. The number of para-hydroxylation sites is 3. The maximum Gasteiger partial charge on any atom is 0.222 e. The van der Waals surface area contributed by atoms with Gasteiger partial charge in [0.05, 0.1) is 31.2 Å². The number of benzene rings is 2. The average Bonchev–Trinajstić information content (AvgIpc) is 2.97. The number of hydrogen-bond donors (Lipinski definition) is 1. The first kappa shape index (κ1) is 17.0. The van der Waals surface area contributed by atoms with Crippen LogP contribution in [0.25, 0.3) is 11.0 Å². The van der Waals surface area contributed by atoms with Gasteiger partial charge in [-0.05, 0) is 18.2 Å². The van der Waals surface area contributed by atoms with E-state index in [1.165, 1.54) is 0 Å². The molecular weight excluding hydrogens is 314 g/mol. The highest BCUT2D eigenvalue weighted by molar-refractivity contribution is 5.78. The monoisotopic (exact) mass is 337 g/mol. The van der Waals surface area contributed by atoms with Crippen molar-refractivity contribution in [1.29, 1.82) is 0 Å². The minimum absolute atomic E-state index is 0.0240. The molecule has 5 nitrogen and oxygen atoms in total. The van der Waals surface area contributed by atoms with Crippen molar-refractivity contribution in [1.82, 2.24) is 14.9 Å². The van der Waals surface area contributed by atoms with Crippen molar-refractivity contribution in [2.75, 3.05) is 7.11 Å². The van der Waals surface area contributed by atoms with Crippen molar-refractivity contribution < 1.29 is 9.53 Å². The topological polar surface area (TPSA) is 56.1 Å². The molecule has 0 saturated carbocycles. The Morgan fingerprint density at radius 3 is 2.64 bits per heavy atom. The van der Waals surface area contributed by atoms with Gasteiger partial charge in [-0.15, -0.1) is 0 Å². The van der Waals surface area contributed by atoms with Crippen LogP contribution >= 0.6 is 0 Å². The van der Waals surface area contributed by atoms with Gasteiger partial charge in [0.2, 0.25) is 5.91 Å². The molecule has 0 unspecified atom stereocenters. The molecule has 1 heterocycles. The van der Waals surface area contributed by atoms with Crippen LogP contribution in [0.15, 0.2) is 48.5 Å². The fraction of sp³-hybridized carbons (Fsp3) is 0.300. The lowest BCUT2D eigenvalue weighted by Gasteiger charge is -2.13. The molecule has 0 aliphatic rings. The summed E-state index contributed by atoms with van der Waals surface area (Å²) in [7, 11) is 1.68. The van der Waals surface area contributed by atoms with Crippen LogP contribution < -0.4 is 10.1 Å². The van der Waals surface area contributed by atoms with Gasteiger partial charge in [0.15, 0.2) is 0 Å². The van der Waals surface area contributed by atoms with Crippen LogP contribution in [0, 0.1) is 5.92 Å². The molecule has 0 saturated heterocycles. The highest BCUT2D eigenvalue weighted by Crippen LogP contribution is 2.23. The number of methoxy groups -OCH3 is 1. The number of carbonyl (C=O) groups excluding carboxylic acids is 1. The fourth-order valence-corrected chi connectivity index (χ4v) is 2.81. The fourth-order valence-electron chi connectivity index (χ4n) is 2.81. The van der Waals surface area contributed by atoms with Crippen molar-refractivity contribution in [3.05, 3.63) is 59.9 Å². The zero-order chi connectivity index (χ0) is 17.8. The van der Waals surface area contributed by atoms with Crippen LogP contribution in [-0.4, -0.2) is 22.6 Å². The van der Waals surface area contributed by atoms with E-state index in [-0.39, 0.29) is 11.8 Å². The summed E-state index contributed by atoms with van der Waals surface area (Å²) in [6.45, 7) is 4.80. The first-order chi connectivity index (χ1) is 12.1. The second-order valence-corrected chi connectivity index (χ2v) is 6.29. The SMILES string of the molecule is COc1ccccc1Cn1c(CNC(=O)C(C)C)nc2ccccc21. The third kappa shape index (κ3) is 3.65. The van der Waals surface area contributed by atoms with Crippen LogP contribution in [0.4, 0.5) is 0 Å². The van der Waals surface area contributed by atoms with Crippen molar-refractivity contribution in [2.45, 2.75) is 26.9 Å². The minimum atomic E-state index is -0.0490. The molecule has 0 bridgehead atoms. The molecule has 0 aliphatic heterocycles. The maximum atomic E-state index is 11.9. The Balaban J connectivity index is 1.97. The average molecular weight is 337 g/mol. The van der Waals surface area contributed by atoms with E-state index in [1.54, 1.807) is 7.11 Å². The second kappa shape index (κ2) is 7.38. The van der Waals surface area contributed by atoms with Gasteiger partial charge in [-0.3, -0.25) is 4.79 Å². The predicted octanol–water partition coefficient (Wildman–Crippen LogP) is 3.37. The van der Waals surface area contributed by atoms with Gasteiger partial charge < -0.3 is 14.6 Å². The minimum Gasteiger partial charge on any atom is -0.496 e. The highest BCUT2D eigenvalue weighted by atomic mass is 16.5. The van der Waals surface area contributed by atoms with Gasteiger partial charge >= 0.3 is 0 Å². The number of aromatic nitrogens is 2. The van der Waals surface area contributed by atoms with Crippen LogP contribution in [-0.2, 0) is 17.9 Å². The number of rotatable bonds is 6. The molecule has 1 aromatic heterocycles. The summed E-state index contributed by atoms with van der Waals surface area (Å²) in [5.74, 6) is 1.65. The van der Waals surface area contributed by atoms with Crippen molar-refractivity contribution >= 4 is 16.9 Å². The Labute approximate surface area is 147 Å². The molecule has 0 fully saturated rings. The molecule has 0 radical (unpaired) electrons. The van der Waals surface area contributed by atoms with E-state index in [0.29, 0.717) is 13.1 Å². The van der Waals surface area contributed by atoms with E-state index in [2.05, 4.69) is 9.88 Å². The summed E-state index contributed by atoms with van der Waals surface area (Å²) in [6, 6.07) is 16.0. The molecule has 3 rings (SSSR count). The third-order valence-electron chi connectivity index (χ3n) is 4.20. The van der Waals surface area contributed by atoms with Gasteiger partial charge in [-0.2, -0.15) is 0 Å². The van der Waals surface area contributed by atoms with Gasteiger partial charge in [-0.1, -0.05) is 44.2 Å². The van der Waals surface area contributed by atoms with E-state index < -0.39 is 0 Å². The summed E-state index contributed by atoms with van der Waals surface area (Å²) >= 11 is 0. The van der Waals surface area contributed by atoms with Crippen LogP contribution in [0.5, 0.6) is 5.75 Å². The normalized spacial score (nSPS) is 11.0. The number of nitrogens with zero attached hydrogens (tertiary/aromatic N) is 2. The van der Waals surface area contributed by atoms with Crippen LogP contribution in [0.3, 0.4) is 0 Å². The van der Waals surface area contributed by atoms with E-state index in [1.807, 2.05) is 62.4 Å². The lowest BCUT2D eigenvalue weighted by atomic mass is 10.2. The third-order valence-corrected chi connectivity index (χ3v) is 4.20. The predicted molar refractivity (Wildman–Crippen MR) is 98.5 cm³/mol. The molecule has 1 N–H and O–H groups in total. The van der Waals surface area contributed by atoms with Crippen LogP contribution in [0.2, 0.25) is 0 Å². The van der Waals surface area contributed by atoms with Crippen molar-refractivity contribution in [3.63, 3.8) is 0 Å². The zero-order valence-corrected chi connectivity index (χ0v) is 14.8. The van der Waals surface area contributed by atoms with Gasteiger partial charge in [-0.25, -0.2) is 4.98 Å². The number of hydrogen-bond acceptors (Lipinski definition) is 3. The molecular formula is C20H23N3O2. The smallest absolute Gasteiger partial charge is 0.222 e. The molecule has 3 aromatic rings. The van der Waals surface area contributed by atoms with Crippen molar-refractivity contribution in [3.8, 4) is 5.75 Å². The number of fused-ring (bicyclic) bond motifs is 1. The number of imidazole rings is 1. The second-order valence-electron chi connectivity index (χ2n) is 6.29. The number of amides is 1. The van der Waals surface area contributed by atoms with E-state index in [0.717, 1.165) is 28.2 Å². The number of carbonyl (C=O) groups is 1. The zero-order valence-electron chi connectivity index (χ0n) is 14.8. The summed E-state index contributed by atoms with van der Waals surface area (Å²) in [5.41, 5.74) is 3.04. The van der Waals surface area contributed by atoms with Gasteiger partial charge in [0, 0.05) is 11.5 Å².